The third kappa shape index (κ3) is 3.99. The number of halogens is 2. The van der Waals surface area contributed by atoms with Gasteiger partial charge in [0.05, 0.1) is 10.6 Å². The molecular formula is C13H19BrClN3O3S. The highest BCUT2D eigenvalue weighted by Gasteiger charge is 2.34. The third-order valence-electron chi connectivity index (χ3n) is 3.45. The quantitative estimate of drug-likeness (QED) is 0.790. The predicted molar refractivity (Wildman–Crippen MR) is 91.7 cm³/mol. The molecule has 1 atom stereocenters. The lowest BCUT2D eigenvalue weighted by molar-refractivity contribution is -0.114. The van der Waals surface area contributed by atoms with Gasteiger partial charge in [0.25, 0.3) is 0 Å². The Balaban J connectivity index is 0.00000242. The summed E-state index contributed by atoms with van der Waals surface area (Å²) in [5.74, 6) is -0.214. The number of rotatable bonds is 4. The molecule has 1 fully saturated rings. The second kappa shape index (κ2) is 7.74. The number of anilines is 1. The fraction of sp³-hybridized carbons (Fsp3) is 0.462. The molecular weight excluding hydrogens is 394 g/mol. The van der Waals surface area contributed by atoms with E-state index in [1.807, 2.05) is 0 Å². The summed E-state index contributed by atoms with van der Waals surface area (Å²) in [5.41, 5.74) is 6.18. The van der Waals surface area contributed by atoms with Crippen LogP contribution in [0.25, 0.3) is 0 Å². The highest BCUT2D eigenvalue weighted by atomic mass is 79.9. The summed E-state index contributed by atoms with van der Waals surface area (Å²) in [7, 11) is -3.56. The number of sulfonamides is 1. The first-order valence-electron chi connectivity index (χ1n) is 6.65. The molecule has 0 aliphatic carbocycles. The van der Waals surface area contributed by atoms with E-state index in [2.05, 4.69) is 21.2 Å². The Morgan fingerprint density at radius 1 is 1.50 bits per heavy atom. The van der Waals surface area contributed by atoms with E-state index < -0.39 is 10.0 Å². The molecule has 1 heterocycles. The van der Waals surface area contributed by atoms with Crippen LogP contribution < -0.4 is 11.1 Å². The lowest BCUT2D eigenvalue weighted by Gasteiger charge is -2.23. The van der Waals surface area contributed by atoms with Crippen LogP contribution >= 0.6 is 28.3 Å². The maximum atomic E-state index is 12.7. The zero-order valence-electron chi connectivity index (χ0n) is 12.1. The maximum Gasteiger partial charge on any atom is 0.243 e. The van der Waals surface area contributed by atoms with E-state index in [0.717, 1.165) is 12.8 Å². The fourth-order valence-corrected chi connectivity index (χ4v) is 4.80. The molecule has 3 N–H and O–H groups in total. The molecule has 22 heavy (non-hydrogen) atoms. The van der Waals surface area contributed by atoms with E-state index in [0.29, 0.717) is 23.2 Å². The summed E-state index contributed by atoms with van der Waals surface area (Å²) in [6.07, 6.45) is 1.62. The van der Waals surface area contributed by atoms with Crippen molar-refractivity contribution < 1.29 is 13.2 Å². The minimum atomic E-state index is -3.56. The molecule has 0 bridgehead atoms. The normalized spacial score (nSPS) is 18.8. The maximum absolute atomic E-state index is 12.7. The highest BCUT2D eigenvalue weighted by Crippen LogP contribution is 2.30. The number of benzene rings is 1. The van der Waals surface area contributed by atoms with Crippen molar-refractivity contribution in [2.24, 2.45) is 5.73 Å². The molecule has 0 spiro atoms. The molecule has 1 amide bonds. The van der Waals surface area contributed by atoms with E-state index in [-0.39, 0.29) is 29.3 Å². The molecule has 0 aromatic heterocycles. The Hall–Kier alpha value is -0.670. The van der Waals surface area contributed by atoms with Crippen molar-refractivity contribution in [2.45, 2.75) is 30.7 Å². The fourth-order valence-electron chi connectivity index (χ4n) is 2.44. The van der Waals surface area contributed by atoms with Crippen LogP contribution in [0.1, 0.15) is 19.8 Å². The van der Waals surface area contributed by atoms with E-state index in [1.54, 1.807) is 6.07 Å². The third-order valence-corrected chi connectivity index (χ3v) is 6.06. The summed E-state index contributed by atoms with van der Waals surface area (Å²) in [4.78, 5) is 11.3. The van der Waals surface area contributed by atoms with Gasteiger partial charge in [0.1, 0.15) is 0 Å². The van der Waals surface area contributed by atoms with Crippen LogP contribution in [0.3, 0.4) is 0 Å². The lowest BCUT2D eigenvalue weighted by atomic mass is 10.2. The number of nitrogens with zero attached hydrogens (tertiary/aromatic N) is 1. The van der Waals surface area contributed by atoms with E-state index in [1.165, 1.54) is 23.4 Å². The predicted octanol–water partition coefficient (Wildman–Crippen LogP) is 1.94. The van der Waals surface area contributed by atoms with E-state index >= 15 is 0 Å². The van der Waals surface area contributed by atoms with Gasteiger partial charge in [-0.25, -0.2) is 8.42 Å². The average Bonchev–Trinajstić information content (AvgIpc) is 2.89. The molecule has 1 aromatic rings. The smallest absolute Gasteiger partial charge is 0.243 e. The standard InChI is InChI=1S/C13H18BrN3O3S.ClH/c1-9(18)16-13-5-4-11(7-12(13)14)21(19,20)17-6-2-3-10(17)8-15;/h4-5,7,10H,2-3,6,8,15H2,1H3,(H,16,18);1H. The molecule has 124 valence electrons. The molecule has 1 aliphatic rings. The van der Waals surface area contributed by atoms with Crippen molar-refractivity contribution in [3.8, 4) is 0 Å². The molecule has 0 saturated carbocycles. The van der Waals surface area contributed by atoms with Crippen molar-refractivity contribution in [1.29, 1.82) is 0 Å². The largest absolute Gasteiger partial charge is 0.329 e. The van der Waals surface area contributed by atoms with Crippen LogP contribution in [-0.4, -0.2) is 37.8 Å². The second-order valence-corrected chi connectivity index (χ2v) is 7.72. The van der Waals surface area contributed by atoms with Crippen LogP contribution in [0, 0.1) is 0 Å². The van der Waals surface area contributed by atoms with E-state index in [4.69, 9.17) is 5.73 Å². The number of hydrogen-bond acceptors (Lipinski definition) is 4. The van der Waals surface area contributed by atoms with Crippen molar-refractivity contribution in [1.82, 2.24) is 4.31 Å². The molecule has 2 rings (SSSR count). The molecule has 6 nitrogen and oxygen atoms in total. The van der Waals surface area contributed by atoms with Crippen molar-refractivity contribution in [3.63, 3.8) is 0 Å². The number of amides is 1. The minimum Gasteiger partial charge on any atom is -0.329 e. The summed E-state index contributed by atoms with van der Waals surface area (Å²) in [5, 5.41) is 2.63. The number of hydrogen-bond donors (Lipinski definition) is 2. The molecule has 1 aromatic carbocycles. The summed E-state index contributed by atoms with van der Waals surface area (Å²) < 4.78 is 27.3. The highest BCUT2D eigenvalue weighted by molar-refractivity contribution is 9.10. The van der Waals surface area contributed by atoms with Crippen LogP contribution in [0.4, 0.5) is 5.69 Å². The molecule has 1 unspecified atom stereocenters. The number of nitrogens with two attached hydrogens (primary N) is 1. The van der Waals surface area contributed by atoms with Crippen LogP contribution in [0.15, 0.2) is 27.6 Å². The Morgan fingerprint density at radius 2 is 2.18 bits per heavy atom. The first-order chi connectivity index (χ1) is 9.86. The van der Waals surface area contributed by atoms with Crippen LogP contribution in [-0.2, 0) is 14.8 Å². The van der Waals surface area contributed by atoms with Gasteiger partial charge in [-0.2, -0.15) is 4.31 Å². The SMILES string of the molecule is CC(=O)Nc1ccc(S(=O)(=O)N2CCCC2CN)cc1Br.Cl. The van der Waals surface area contributed by atoms with Crippen molar-refractivity contribution in [3.05, 3.63) is 22.7 Å². The molecule has 1 saturated heterocycles. The minimum absolute atomic E-state index is 0. The van der Waals surface area contributed by atoms with E-state index in [9.17, 15) is 13.2 Å². The number of nitrogens with one attached hydrogen (secondary N) is 1. The van der Waals surface area contributed by atoms with Gasteiger partial charge in [-0.05, 0) is 47.0 Å². The Morgan fingerprint density at radius 3 is 2.73 bits per heavy atom. The van der Waals surface area contributed by atoms with Gasteiger partial charge < -0.3 is 11.1 Å². The Kier molecular flexibility index (Phi) is 6.82. The van der Waals surface area contributed by atoms with Gasteiger partial charge in [-0.15, -0.1) is 12.4 Å². The number of carbonyl (C=O) groups excluding carboxylic acids is 1. The first kappa shape index (κ1) is 19.4. The Bertz CT molecular complexity index is 654. The zero-order valence-corrected chi connectivity index (χ0v) is 15.3. The van der Waals surface area contributed by atoms with Gasteiger partial charge >= 0.3 is 0 Å². The van der Waals surface area contributed by atoms with Crippen molar-refractivity contribution >= 4 is 50.0 Å². The monoisotopic (exact) mass is 411 g/mol. The van der Waals surface area contributed by atoms with Gasteiger partial charge in [0.15, 0.2) is 0 Å². The summed E-state index contributed by atoms with van der Waals surface area (Å²) in [6.45, 7) is 2.22. The summed E-state index contributed by atoms with van der Waals surface area (Å²) >= 11 is 3.29. The average molecular weight is 413 g/mol. The molecule has 9 heteroatoms. The zero-order chi connectivity index (χ0) is 15.6. The van der Waals surface area contributed by atoms with Gasteiger partial charge in [0, 0.05) is 30.5 Å². The first-order valence-corrected chi connectivity index (χ1v) is 8.88. The van der Waals surface area contributed by atoms with Crippen molar-refractivity contribution in [2.75, 3.05) is 18.4 Å². The van der Waals surface area contributed by atoms with Gasteiger partial charge in [-0.1, -0.05) is 0 Å². The number of carbonyl (C=O) groups is 1. The van der Waals surface area contributed by atoms with Gasteiger partial charge in [0.2, 0.25) is 15.9 Å². The Labute approximate surface area is 145 Å². The topological polar surface area (TPSA) is 92.5 Å². The second-order valence-electron chi connectivity index (χ2n) is 4.97. The van der Waals surface area contributed by atoms with Crippen LogP contribution in [0.2, 0.25) is 0 Å². The van der Waals surface area contributed by atoms with Crippen LogP contribution in [0.5, 0.6) is 0 Å². The lowest BCUT2D eigenvalue weighted by Crippen LogP contribution is -2.39. The summed E-state index contributed by atoms with van der Waals surface area (Å²) in [6, 6.07) is 4.44. The molecule has 1 aliphatic heterocycles. The molecule has 0 radical (unpaired) electrons. The van der Waals surface area contributed by atoms with Gasteiger partial charge in [-0.3, -0.25) is 4.79 Å².